The van der Waals surface area contributed by atoms with Crippen molar-refractivity contribution in [1.82, 2.24) is 9.62 Å². The van der Waals surface area contributed by atoms with Crippen molar-refractivity contribution in [3.63, 3.8) is 0 Å². The van der Waals surface area contributed by atoms with Crippen molar-refractivity contribution in [2.45, 2.75) is 4.90 Å². The lowest BCUT2D eigenvalue weighted by Gasteiger charge is -2.27. The highest BCUT2D eigenvalue weighted by Crippen LogP contribution is 2.34. The molecule has 1 aliphatic rings. The van der Waals surface area contributed by atoms with E-state index >= 15 is 0 Å². The number of non-ortho nitro benzene ring substituents is 1. The minimum atomic E-state index is -3.99. The Bertz CT molecular complexity index is 912. The van der Waals surface area contributed by atoms with Crippen LogP contribution < -0.4 is 10.1 Å². The van der Waals surface area contributed by atoms with Crippen molar-refractivity contribution >= 4 is 15.7 Å². The van der Waals surface area contributed by atoms with Crippen LogP contribution in [0.25, 0.3) is 0 Å². The zero-order valence-electron chi connectivity index (χ0n) is 13.6. The maximum absolute atomic E-state index is 13.0. The number of hydrogen-bond donors (Lipinski definition) is 1. The second kappa shape index (κ2) is 7.36. The maximum atomic E-state index is 13.0. The van der Waals surface area contributed by atoms with Crippen LogP contribution in [0.15, 0.2) is 47.4 Å². The lowest BCUT2D eigenvalue weighted by Crippen LogP contribution is -2.46. The van der Waals surface area contributed by atoms with E-state index in [1.165, 1.54) is 34.6 Å². The summed E-state index contributed by atoms with van der Waals surface area (Å²) in [7, 11) is -3.99. The zero-order valence-corrected chi connectivity index (χ0v) is 14.4. The van der Waals surface area contributed by atoms with Crippen LogP contribution in [0.3, 0.4) is 0 Å². The fourth-order valence-corrected chi connectivity index (χ4v) is 4.12. The molecule has 1 aliphatic heterocycles. The predicted molar refractivity (Wildman–Crippen MR) is 91.2 cm³/mol. The van der Waals surface area contributed by atoms with Gasteiger partial charge in [-0.15, -0.1) is 0 Å². The summed E-state index contributed by atoms with van der Waals surface area (Å²) < 4.78 is 45.8. The van der Waals surface area contributed by atoms with Crippen LogP contribution in [0.4, 0.5) is 10.1 Å². The summed E-state index contributed by atoms with van der Waals surface area (Å²) in [4.78, 5) is 10.1. The van der Waals surface area contributed by atoms with Crippen LogP contribution in [0.1, 0.15) is 0 Å². The van der Waals surface area contributed by atoms with Gasteiger partial charge in [0.05, 0.1) is 4.92 Å². The number of nitro benzene ring substituents is 1. The van der Waals surface area contributed by atoms with Gasteiger partial charge >= 0.3 is 0 Å². The second-order valence-electron chi connectivity index (χ2n) is 5.60. The van der Waals surface area contributed by atoms with E-state index in [4.69, 9.17) is 4.74 Å². The first-order chi connectivity index (χ1) is 12.4. The fourth-order valence-electron chi connectivity index (χ4n) is 2.55. The highest BCUT2D eigenvalue weighted by molar-refractivity contribution is 7.89. The SMILES string of the molecule is O=[N+]([O-])c1ccc(Oc2ccc(F)cc2)c(S(=O)(=O)N2CCNCC2)c1. The van der Waals surface area contributed by atoms with Gasteiger partial charge in [-0.2, -0.15) is 4.31 Å². The third-order valence-electron chi connectivity index (χ3n) is 3.87. The highest BCUT2D eigenvalue weighted by atomic mass is 32.2. The normalized spacial score (nSPS) is 15.6. The van der Waals surface area contributed by atoms with Crippen molar-refractivity contribution in [1.29, 1.82) is 0 Å². The Balaban J connectivity index is 2.03. The zero-order chi connectivity index (χ0) is 18.7. The molecule has 0 spiro atoms. The van der Waals surface area contributed by atoms with Crippen LogP contribution in [-0.4, -0.2) is 43.8 Å². The Kier molecular flexibility index (Phi) is 5.16. The second-order valence-corrected chi connectivity index (χ2v) is 7.50. The summed E-state index contributed by atoms with van der Waals surface area (Å²) in [6.07, 6.45) is 0. The van der Waals surface area contributed by atoms with E-state index in [-0.39, 0.29) is 35.2 Å². The quantitative estimate of drug-likeness (QED) is 0.629. The van der Waals surface area contributed by atoms with Gasteiger partial charge < -0.3 is 10.1 Å². The molecule has 0 atom stereocenters. The largest absolute Gasteiger partial charge is 0.456 e. The maximum Gasteiger partial charge on any atom is 0.271 e. The smallest absolute Gasteiger partial charge is 0.271 e. The molecule has 2 aromatic carbocycles. The minimum absolute atomic E-state index is 0.0549. The Morgan fingerprint density at radius 3 is 2.38 bits per heavy atom. The molecule has 0 bridgehead atoms. The van der Waals surface area contributed by atoms with E-state index in [1.54, 1.807) is 0 Å². The van der Waals surface area contributed by atoms with Crippen LogP contribution >= 0.6 is 0 Å². The van der Waals surface area contributed by atoms with Crippen molar-refractivity contribution in [2.24, 2.45) is 0 Å². The molecule has 0 aliphatic carbocycles. The number of nitro groups is 1. The monoisotopic (exact) mass is 381 g/mol. The Hall–Kier alpha value is -2.56. The van der Waals surface area contributed by atoms with Gasteiger partial charge in [0.2, 0.25) is 10.0 Å². The molecule has 2 aromatic rings. The molecule has 10 heteroatoms. The number of rotatable bonds is 5. The fraction of sp³-hybridized carbons (Fsp3) is 0.250. The summed E-state index contributed by atoms with van der Waals surface area (Å²) in [5, 5.41) is 14.1. The van der Waals surface area contributed by atoms with E-state index in [2.05, 4.69) is 5.32 Å². The Morgan fingerprint density at radius 1 is 1.12 bits per heavy atom. The van der Waals surface area contributed by atoms with Gasteiger partial charge in [0, 0.05) is 38.3 Å². The molecule has 8 nitrogen and oxygen atoms in total. The lowest BCUT2D eigenvalue weighted by atomic mass is 10.3. The number of nitrogens with zero attached hydrogens (tertiary/aromatic N) is 2. The van der Waals surface area contributed by atoms with Gasteiger partial charge in [0.25, 0.3) is 5.69 Å². The van der Waals surface area contributed by atoms with E-state index in [9.17, 15) is 22.9 Å². The molecule has 1 fully saturated rings. The number of nitrogens with one attached hydrogen (secondary N) is 1. The lowest BCUT2D eigenvalue weighted by molar-refractivity contribution is -0.385. The number of ether oxygens (including phenoxy) is 1. The standard InChI is InChI=1S/C16H16FN3O5S/c17-12-1-4-14(5-2-12)25-15-6-3-13(20(21)22)11-16(15)26(23,24)19-9-7-18-8-10-19/h1-6,11,18H,7-10H2. The third-order valence-corrected chi connectivity index (χ3v) is 5.79. The number of benzene rings is 2. The number of hydrogen-bond acceptors (Lipinski definition) is 6. The molecule has 0 radical (unpaired) electrons. The van der Waals surface area contributed by atoms with Gasteiger partial charge in [0.15, 0.2) is 0 Å². The number of halogens is 1. The van der Waals surface area contributed by atoms with E-state index in [0.29, 0.717) is 13.1 Å². The molecular weight excluding hydrogens is 365 g/mol. The van der Waals surface area contributed by atoms with E-state index < -0.39 is 20.8 Å². The molecule has 1 N–H and O–H groups in total. The first-order valence-corrected chi connectivity index (χ1v) is 9.25. The molecule has 1 heterocycles. The van der Waals surface area contributed by atoms with Gasteiger partial charge in [-0.25, -0.2) is 12.8 Å². The summed E-state index contributed by atoms with van der Waals surface area (Å²) in [6.45, 7) is 1.48. The predicted octanol–water partition coefficient (Wildman–Crippen LogP) is 2.12. The highest BCUT2D eigenvalue weighted by Gasteiger charge is 2.31. The number of piperazine rings is 1. The molecule has 0 amide bonds. The molecular formula is C16H16FN3O5S. The van der Waals surface area contributed by atoms with E-state index in [1.807, 2.05) is 0 Å². The van der Waals surface area contributed by atoms with Gasteiger partial charge in [-0.1, -0.05) is 0 Å². The Morgan fingerprint density at radius 2 is 1.77 bits per heavy atom. The summed E-state index contributed by atoms with van der Waals surface area (Å²) in [5.41, 5.74) is -0.356. The summed E-state index contributed by atoms with van der Waals surface area (Å²) in [6, 6.07) is 8.41. The van der Waals surface area contributed by atoms with Crippen molar-refractivity contribution in [3.05, 3.63) is 58.4 Å². The van der Waals surface area contributed by atoms with Gasteiger partial charge in [-0.3, -0.25) is 10.1 Å². The number of sulfonamides is 1. The van der Waals surface area contributed by atoms with Crippen LogP contribution in [-0.2, 0) is 10.0 Å². The van der Waals surface area contributed by atoms with Gasteiger partial charge in [0.1, 0.15) is 22.2 Å². The summed E-state index contributed by atoms with van der Waals surface area (Å²) >= 11 is 0. The first-order valence-electron chi connectivity index (χ1n) is 7.80. The van der Waals surface area contributed by atoms with Crippen LogP contribution in [0, 0.1) is 15.9 Å². The van der Waals surface area contributed by atoms with E-state index in [0.717, 1.165) is 12.1 Å². The topological polar surface area (TPSA) is 102 Å². The Labute approximate surface area is 149 Å². The molecule has 26 heavy (non-hydrogen) atoms. The molecule has 0 unspecified atom stereocenters. The van der Waals surface area contributed by atoms with Crippen molar-refractivity contribution in [3.8, 4) is 11.5 Å². The van der Waals surface area contributed by atoms with Crippen molar-refractivity contribution in [2.75, 3.05) is 26.2 Å². The molecule has 0 saturated carbocycles. The van der Waals surface area contributed by atoms with Crippen LogP contribution in [0.5, 0.6) is 11.5 Å². The minimum Gasteiger partial charge on any atom is -0.456 e. The first kappa shape index (κ1) is 18.2. The molecule has 138 valence electrons. The van der Waals surface area contributed by atoms with Crippen molar-refractivity contribution < 1.29 is 22.5 Å². The van der Waals surface area contributed by atoms with Crippen LogP contribution in [0.2, 0.25) is 0 Å². The van der Waals surface area contributed by atoms with Gasteiger partial charge in [-0.05, 0) is 30.3 Å². The molecule has 1 saturated heterocycles. The average molecular weight is 381 g/mol. The average Bonchev–Trinajstić information content (AvgIpc) is 2.64. The molecule has 0 aromatic heterocycles. The molecule has 3 rings (SSSR count). The summed E-state index contributed by atoms with van der Waals surface area (Å²) in [5.74, 6) is -0.299. The third kappa shape index (κ3) is 3.82.